The summed E-state index contributed by atoms with van der Waals surface area (Å²) in [4.78, 5) is 0. The van der Waals surface area contributed by atoms with E-state index in [0.29, 0.717) is 0 Å². The summed E-state index contributed by atoms with van der Waals surface area (Å²) in [6.07, 6.45) is 20.9. The summed E-state index contributed by atoms with van der Waals surface area (Å²) in [6, 6.07) is 29.6. The molecule has 0 aliphatic heterocycles. The second kappa shape index (κ2) is 12.3. The van der Waals surface area contributed by atoms with Gasteiger partial charge in [-0.1, -0.05) is 131 Å². The third-order valence-corrected chi connectivity index (χ3v) is 12.1. The van der Waals surface area contributed by atoms with Crippen LogP contribution in [-0.4, -0.2) is 0 Å². The molecule has 3 aromatic rings. The van der Waals surface area contributed by atoms with E-state index in [1.54, 1.807) is 16.7 Å². The highest BCUT2D eigenvalue weighted by Gasteiger charge is 2.22. The van der Waals surface area contributed by atoms with E-state index in [4.69, 9.17) is 0 Å². The lowest BCUT2D eigenvalue weighted by Gasteiger charge is -2.26. The highest BCUT2D eigenvalue weighted by molar-refractivity contribution is 7.79. The first-order valence-electron chi connectivity index (χ1n) is 15.5. The zero-order valence-corrected chi connectivity index (χ0v) is 23.6. The third kappa shape index (κ3) is 6.06. The largest absolute Gasteiger partial charge is 0.0581 e. The van der Waals surface area contributed by atoms with Crippen molar-refractivity contribution in [2.45, 2.75) is 114 Å². The molecule has 0 bridgehead atoms. The highest BCUT2D eigenvalue weighted by atomic mass is 31.1. The Morgan fingerprint density at radius 3 is 0.811 bits per heavy atom. The van der Waals surface area contributed by atoms with Crippen LogP contribution in [0.4, 0.5) is 0 Å². The molecule has 0 amide bonds. The first kappa shape index (κ1) is 25.4. The second-order valence-corrected chi connectivity index (χ2v) is 14.3. The van der Waals surface area contributed by atoms with Crippen LogP contribution in [0.15, 0.2) is 72.8 Å². The molecule has 3 aliphatic rings. The van der Waals surface area contributed by atoms with Gasteiger partial charge in [0, 0.05) is 0 Å². The second-order valence-electron chi connectivity index (χ2n) is 12.1. The van der Waals surface area contributed by atoms with Crippen LogP contribution in [0.3, 0.4) is 0 Å². The first-order chi connectivity index (χ1) is 18.3. The van der Waals surface area contributed by atoms with Crippen LogP contribution in [0.2, 0.25) is 0 Å². The number of benzene rings is 3. The van der Waals surface area contributed by atoms with Gasteiger partial charge in [-0.25, -0.2) is 0 Å². The van der Waals surface area contributed by atoms with Crippen LogP contribution in [0.25, 0.3) is 0 Å². The Balaban J connectivity index is 1.29. The van der Waals surface area contributed by atoms with Crippen molar-refractivity contribution in [3.05, 3.63) is 89.5 Å². The minimum absolute atomic E-state index is 0.535. The Morgan fingerprint density at radius 2 is 0.568 bits per heavy atom. The molecule has 0 nitrogen and oxygen atoms in total. The normalized spacial score (nSPS) is 20.4. The molecule has 0 N–H and O–H groups in total. The van der Waals surface area contributed by atoms with E-state index >= 15 is 0 Å². The van der Waals surface area contributed by atoms with Crippen LogP contribution in [0, 0.1) is 0 Å². The molecule has 3 aliphatic carbocycles. The molecule has 0 unspecified atom stereocenters. The maximum absolute atomic E-state index is 2.47. The molecule has 3 saturated carbocycles. The van der Waals surface area contributed by atoms with Crippen LogP contribution >= 0.6 is 7.92 Å². The van der Waals surface area contributed by atoms with Crippen molar-refractivity contribution in [1.82, 2.24) is 0 Å². The molecule has 0 aromatic heterocycles. The standard InChI is InChI=1S/C36H45P/c1-4-10-28(11-5-1)31-16-22-34(23-17-31)37(35-24-18-32(19-25-35)29-12-6-2-7-13-29)36-26-20-33(21-27-36)30-14-8-3-9-15-30/h16-30H,1-15H2. The van der Waals surface area contributed by atoms with Crippen molar-refractivity contribution in [1.29, 1.82) is 0 Å². The maximum atomic E-state index is 2.47. The van der Waals surface area contributed by atoms with E-state index < -0.39 is 7.92 Å². The van der Waals surface area contributed by atoms with Gasteiger partial charge in [-0.05, 0) is 96.8 Å². The minimum atomic E-state index is -0.535. The van der Waals surface area contributed by atoms with Crippen molar-refractivity contribution in [3.63, 3.8) is 0 Å². The summed E-state index contributed by atoms with van der Waals surface area (Å²) in [6.45, 7) is 0. The van der Waals surface area contributed by atoms with Crippen molar-refractivity contribution in [3.8, 4) is 0 Å². The Labute approximate surface area is 227 Å². The Morgan fingerprint density at radius 1 is 0.324 bits per heavy atom. The van der Waals surface area contributed by atoms with Crippen molar-refractivity contribution >= 4 is 23.8 Å². The lowest BCUT2D eigenvalue weighted by atomic mass is 9.84. The lowest BCUT2D eigenvalue weighted by Crippen LogP contribution is -2.21. The SMILES string of the molecule is c1cc(P(c2ccc(C3CCCCC3)cc2)c2ccc(C3CCCCC3)cc2)ccc1C1CCCCC1. The fraction of sp³-hybridized carbons (Fsp3) is 0.500. The van der Waals surface area contributed by atoms with Crippen molar-refractivity contribution in [2.24, 2.45) is 0 Å². The quantitative estimate of drug-likeness (QED) is 0.291. The zero-order chi connectivity index (χ0) is 24.9. The highest BCUT2D eigenvalue weighted by Crippen LogP contribution is 2.39. The zero-order valence-electron chi connectivity index (χ0n) is 22.7. The van der Waals surface area contributed by atoms with Gasteiger partial charge in [-0.3, -0.25) is 0 Å². The average Bonchev–Trinajstić information content (AvgIpc) is 3.00. The third-order valence-electron chi connectivity index (χ3n) is 9.68. The molecule has 1 heteroatoms. The van der Waals surface area contributed by atoms with Crippen LogP contribution < -0.4 is 15.9 Å². The molecule has 6 rings (SSSR count). The van der Waals surface area contributed by atoms with Gasteiger partial charge in [0.2, 0.25) is 0 Å². The smallest absolute Gasteiger partial charge is 0.0134 e. The molecule has 3 aromatic carbocycles. The van der Waals surface area contributed by atoms with E-state index in [-0.39, 0.29) is 0 Å². The summed E-state index contributed by atoms with van der Waals surface area (Å²) in [5.41, 5.74) is 4.70. The topological polar surface area (TPSA) is 0 Å². The van der Waals surface area contributed by atoms with E-state index in [9.17, 15) is 0 Å². The molecule has 0 radical (unpaired) electrons. The number of hydrogen-bond donors (Lipinski definition) is 0. The van der Waals surface area contributed by atoms with Crippen LogP contribution in [0.5, 0.6) is 0 Å². The number of hydrogen-bond acceptors (Lipinski definition) is 0. The fourth-order valence-electron chi connectivity index (χ4n) is 7.44. The van der Waals surface area contributed by atoms with Crippen molar-refractivity contribution in [2.75, 3.05) is 0 Å². The van der Waals surface area contributed by atoms with Gasteiger partial charge >= 0.3 is 0 Å². The molecular formula is C36H45P. The molecule has 194 valence electrons. The molecule has 37 heavy (non-hydrogen) atoms. The number of rotatable bonds is 6. The predicted octanol–water partition coefficient (Wildman–Crippen LogP) is 9.59. The summed E-state index contributed by atoms with van der Waals surface area (Å²) in [5.74, 6) is 2.33. The molecule has 3 fully saturated rings. The molecular weight excluding hydrogens is 463 g/mol. The average molecular weight is 509 g/mol. The van der Waals surface area contributed by atoms with E-state index in [1.165, 1.54) is 112 Å². The monoisotopic (exact) mass is 508 g/mol. The minimum Gasteiger partial charge on any atom is -0.0581 e. The molecule has 0 atom stereocenters. The molecule has 0 saturated heterocycles. The maximum Gasteiger partial charge on any atom is -0.0134 e. The van der Waals surface area contributed by atoms with Gasteiger partial charge in [-0.15, -0.1) is 0 Å². The Hall–Kier alpha value is -1.91. The predicted molar refractivity (Wildman–Crippen MR) is 163 cm³/mol. The van der Waals surface area contributed by atoms with Crippen molar-refractivity contribution < 1.29 is 0 Å². The Kier molecular flexibility index (Phi) is 8.43. The Bertz CT molecular complexity index is 947. The van der Waals surface area contributed by atoms with Gasteiger partial charge in [0.1, 0.15) is 0 Å². The lowest BCUT2D eigenvalue weighted by molar-refractivity contribution is 0.443. The van der Waals surface area contributed by atoms with E-state index in [1.807, 2.05) is 0 Å². The van der Waals surface area contributed by atoms with Crippen LogP contribution in [-0.2, 0) is 0 Å². The van der Waals surface area contributed by atoms with Gasteiger partial charge in [0.25, 0.3) is 0 Å². The summed E-state index contributed by atoms with van der Waals surface area (Å²) >= 11 is 0. The van der Waals surface area contributed by atoms with Gasteiger partial charge < -0.3 is 0 Å². The first-order valence-corrected chi connectivity index (χ1v) is 16.8. The van der Waals surface area contributed by atoms with E-state index in [0.717, 1.165) is 17.8 Å². The summed E-state index contributed by atoms with van der Waals surface area (Å²) in [7, 11) is -0.535. The van der Waals surface area contributed by atoms with E-state index in [2.05, 4.69) is 72.8 Å². The van der Waals surface area contributed by atoms with Crippen LogP contribution in [0.1, 0.15) is 131 Å². The van der Waals surface area contributed by atoms with Gasteiger partial charge in [0.05, 0.1) is 0 Å². The molecule has 0 spiro atoms. The summed E-state index contributed by atoms with van der Waals surface area (Å²) < 4.78 is 0. The fourth-order valence-corrected chi connectivity index (χ4v) is 9.68. The molecule has 0 heterocycles. The van der Waals surface area contributed by atoms with Gasteiger partial charge in [-0.2, -0.15) is 0 Å². The summed E-state index contributed by atoms with van der Waals surface area (Å²) in [5, 5.41) is 4.51. The van der Waals surface area contributed by atoms with Gasteiger partial charge in [0.15, 0.2) is 0 Å².